The highest BCUT2D eigenvalue weighted by atomic mass is 16.5. The van der Waals surface area contributed by atoms with Crippen LogP contribution >= 0.6 is 0 Å². The number of aliphatic hydroxyl groups excluding tert-OH is 1. The van der Waals surface area contributed by atoms with E-state index in [1.165, 1.54) is 26.4 Å². The minimum atomic E-state index is -0.614. The summed E-state index contributed by atoms with van der Waals surface area (Å²) in [5.41, 5.74) is -0.278. The average Bonchev–Trinajstić information content (AvgIpc) is 2.38. The zero-order valence-electron chi connectivity index (χ0n) is 10.3. The van der Waals surface area contributed by atoms with Gasteiger partial charge in [-0.3, -0.25) is 4.79 Å². The summed E-state index contributed by atoms with van der Waals surface area (Å²) in [4.78, 5) is 21.6. The molecule has 1 rings (SSSR count). The van der Waals surface area contributed by atoms with E-state index in [4.69, 9.17) is 9.47 Å². The Hall–Kier alpha value is -2.37. The number of nitrogens with zero attached hydrogens (tertiary/aromatic N) is 1. The van der Waals surface area contributed by atoms with Crippen molar-refractivity contribution in [3.05, 3.63) is 34.4 Å². The van der Waals surface area contributed by atoms with Crippen molar-refractivity contribution in [2.75, 3.05) is 14.2 Å². The molecular weight excluding hydrogens is 238 g/mol. The zero-order chi connectivity index (χ0) is 13.7. The van der Waals surface area contributed by atoms with Crippen molar-refractivity contribution in [2.24, 2.45) is 5.18 Å². The number of aliphatic hydroxyl groups is 1. The fourth-order valence-electron chi connectivity index (χ4n) is 1.39. The molecule has 0 fully saturated rings. The second-order valence-corrected chi connectivity index (χ2v) is 3.41. The van der Waals surface area contributed by atoms with Gasteiger partial charge < -0.3 is 14.6 Å². The first-order valence-corrected chi connectivity index (χ1v) is 5.05. The first-order valence-electron chi connectivity index (χ1n) is 5.05. The summed E-state index contributed by atoms with van der Waals surface area (Å²) in [6.07, 6.45) is 0. The minimum Gasteiger partial charge on any atom is -0.505 e. The maximum Gasteiger partial charge on any atom is 0.192 e. The SMILES string of the molecule is COc1ccc(C(O)=C(N=O)C(C)=O)cc1OC. The molecule has 0 aliphatic rings. The Labute approximate surface area is 104 Å². The van der Waals surface area contributed by atoms with E-state index in [-0.39, 0.29) is 5.56 Å². The molecule has 0 saturated heterocycles. The van der Waals surface area contributed by atoms with Gasteiger partial charge in [-0.25, -0.2) is 0 Å². The fraction of sp³-hybridized carbons (Fsp3) is 0.250. The molecule has 1 aromatic carbocycles. The van der Waals surface area contributed by atoms with Gasteiger partial charge in [-0.1, -0.05) is 0 Å². The Morgan fingerprint density at radius 1 is 1.22 bits per heavy atom. The van der Waals surface area contributed by atoms with E-state index in [2.05, 4.69) is 5.18 Å². The third-order valence-electron chi connectivity index (χ3n) is 2.31. The number of hydrogen-bond donors (Lipinski definition) is 1. The smallest absolute Gasteiger partial charge is 0.192 e. The van der Waals surface area contributed by atoms with Gasteiger partial charge in [0.2, 0.25) is 0 Å². The van der Waals surface area contributed by atoms with Crippen molar-refractivity contribution in [1.82, 2.24) is 0 Å². The summed E-state index contributed by atoms with van der Waals surface area (Å²) in [5.74, 6) is -0.261. The molecule has 6 heteroatoms. The molecule has 0 aromatic heterocycles. The molecule has 1 aromatic rings. The molecule has 0 amide bonds. The van der Waals surface area contributed by atoms with Gasteiger partial charge in [-0.2, -0.15) is 0 Å². The second kappa shape index (κ2) is 5.81. The quantitative estimate of drug-likeness (QED) is 0.493. The fourth-order valence-corrected chi connectivity index (χ4v) is 1.39. The Morgan fingerprint density at radius 3 is 2.28 bits per heavy atom. The number of nitroso groups, excluding NO2 is 1. The Bertz CT molecular complexity index is 507. The van der Waals surface area contributed by atoms with Gasteiger partial charge in [0.15, 0.2) is 28.7 Å². The Kier molecular flexibility index (Phi) is 4.42. The lowest BCUT2D eigenvalue weighted by Gasteiger charge is -2.09. The number of Topliss-reactive ketones (excluding diaryl/α,β-unsaturated/α-hetero) is 1. The maximum absolute atomic E-state index is 11.1. The molecule has 18 heavy (non-hydrogen) atoms. The van der Waals surface area contributed by atoms with Crippen LogP contribution in [-0.2, 0) is 4.79 Å². The summed E-state index contributed by atoms with van der Waals surface area (Å²) in [6, 6.07) is 4.49. The van der Waals surface area contributed by atoms with Crippen molar-refractivity contribution in [2.45, 2.75) is 6.92 Å². The predicted octanol–water partition coefficient (Wildman–Crippen LogP) is 2.29. The molecule has 0 aliphatic carbocycles. The number of hydrogen-bond acceptors (Lipinski definition) is 6. The van der Waals surface area contributed by atoms with Gasteiger partial charge in [0.05, 0.1) is 14.2 Å². The van der Waals surface area contributed by atoms with Crippen molar-refractivity contribution in [3.8, 4) is 11.5 Å². The summed E-state index contributed by atoms with van der Waals surface area (Å²) < 4.78 is 10.1. The van der Waals surface area contributed by atoms with E-state index in [1.54, 1.807) is 6.07 Å². The van der Waals surface area contributed by atoms with Crippen LogP contribution in [0.1, 0.15) is 12.5 Å². The molecule has 0 saturated carbocycles. The molecule has 6 nitrogen and oxygen atoms in total. The standard InChI is InChI=1S/C12H13NO5/c1-7(14)11(13-16)12(15)8-4-5-9(17-2)10(6-8)18-3/h4-6,15H,1-3H3. The van der Waals surface area contributed by atoms with Crippen LogP contribution in [0.5, 0.6) is 11.5 Å². The molecule has 96 valence electrons. The van der Waals surface area contributed by atoms with E-state index in [0.29, 0.717) is 11.5 Å². The topological polar surface area (TPSA) is 85.2 Å². The minimum absolute atomic E-state index is 0.248. The van der Waals surface area contributed by atoms with Crippen LogP contribution in [0, 0.1) is 4.91 Å². The Balaban J connectivity index is 3.34. The number of ketones is 1. The maximum atomic E-state index is 11.1. The summed E-state index contributed by atoms with van der Waals surface area (Å²) in [7, 11) is 2.91. The number of ether oxygens (including phenoxy) is 2. The van der Waals surface area contributed by atoms with E-state index < -0.39 is 17.2 Å². The van der Waals surface area contributed by atoms with E-state index >= 15 is 0 Å². The largest absolute Gasteiger partial charge is 0.505 e. The summed E-state index contributed by atoms with van der Waals surface area (Å²) >= 11 is 0. The van der Waals surface area contributed by atoms with Gasteiger partial charge in [0, 0.05) is 12.5 Å². The number of allylic oxidation sites excluding steroid dienone is 1. The normalized spacial score (nSPS) is 11.5. The molecular formula is C12H13NO5. The first kappa shape index (κ1) is 13.7. The van der Waals surface area contributed by atoms with Crippen LogP contribution in [0.25, 0.3) is 5.76 Å². The number of benzene rings is 1. The molecule has 0 unspecified atom stereocenters. The lowest BCUT2D eigenvalue weighted by molar-refractivity contribution is -0.113. The molecule has 0 spiro atoms. The third kappa shape index (κ3) is 2.65. The Morgan fingerprint density at radius 2 is 1.83 bits per heavy atom. The highest BCUT2D eigenvalue weighted by Gasteiger charge is 2.15. The van der Waals surface area contributed by atoms with Crippen molar-refractivity contribution in [3.63, 3.8) is 0 Å². The molecule has 0 radical (unpaired) electrons. The van der Waals surface area contributed by atoms with E-state index in [0.717, 1.165) is 6.92 Å². The molecule has 0 aliphatic heterocycles. The van der Waals surface area contributed by atoms with Crippen molar-refractivity contribution < 1.29 is 19.4 Å². The lowest BCUT2D eigenvalue weighted by atomic mass is 10.1. The second-order valence-electron chi connectivity index (χ2n) is 3.41. The summed E-state index contributed by atoms with van der Waals surface area (Å²) in [5, 5.41) is 12.3. The van der Waals surface area contributed by atoms with Gasteiger partial charge >= 0.3 is 0 Å². The molecule has 0 atom stereocenters. The molecule has 0 bridgehead atoms. The highest BCUT2D eigenvalue weighted by molar-refractivity contribution is 5.99. The van der Waals surface area contributed by atoms with E-state index in [9.17, 15) is 14.8 Å². The van der Waals surface area contributed by atoms with Gasteiger partial charge in [-0.05, 0) is 23.4 Å². The van der Waals surface area contributed by atoms with Crippen LogP contribution in [0.4, 0.5) is 0 Å². The zero-order valence-corrected chi connectivity index (χ0v) is 10.3. The monoisotopic (exact) mass is 251 g/mol. The van der Waals surface area contributed by atoms with Crippen molar-refractivity contribution >= 4 is 11.5 Å². The number of carbonyl (C=O) groups excluding carboxylic acids is 1. The van der Waals surface area contributed by atoms with Crippen LogP contribution in [0.3, 0.4) is 0 Å². The number of methoxy groups -OCH3 is 2. The van der Waals surface area contributed by atoms with Crippen molar-refractivity contribution in [1.29, 1.82) is 0 Å². The van der Waals surface area contributed by atoms with Gasteiger partial charge in [0.25, 0.3) is 0 Å². The number of carbonyl (C=O) groups is 1. The van der Waals surface area contributed by atoms with Gasteiger partial charge in [0.1, 0.15) is 0 Å². The summed E-state index contributed by atoms with van der Waals surface area (Å²) in [6.45, 7) is 1.15. The van der Waals surface area contributed by atoms with E-state index in [1.807, 2.05) is 0 Å². The average molecular weight is 251 g/mol. The lowest BCUT2D eigenvalue weighted by Crippen LogP contribution is -1.99. The van der Waals surface area contributed by atoms with Crippen LogP contribution in [-0.4, -0.2) is 25.1 Å². The van der Waals surface area contributed by atoms with Gasteiger partial charge in [-0.15, -0.1) is 4.91 Å². The molecule has 0 heterocycles. The highest BCUT2D eigenvalue weighted by Crippen LogP contribution is 2.30. The van der Waals surface area contributed by atoms with Crippen LogP contribution in [0.2, 0.25) is 0 Å². The third-order valence-corrected chi connectivity index (χ3v) is 2.31. The van der Waals surface area contributed by atoms with Crippen LogP contribution in [0.15, 0.2) is 29.1 Å². The van der Waals surface area contributed by atoms with Crippen LogP contribution < -0.4 is 9.47 Å². The number of rotatable bonds is 5. The first-order chi connectivity index (χ1) is 8.54. The molecule has 1 N–H and O–H groups in total. The predicted molar refractivity (Wildman–Crippen MR) is 65.6 cm³/mol.